The fourth-order valence-corrected chi connectivity index (χ4v) is 3.26. The number of rotatable bonds is 1. The van der Waals surface area contributed by atoms with E-state index in [2.05, 4.69) is 5.32 Å². The number of esters is 1. The van der Waals surface area contributed by atoms with Crippen LogP contribution in [0.1, 0.15) is 26.2 Å². The van der Waals surface area contributed by atoms with Crippen LogP contribution in [0.3, 0.4) is 0 Å². The number of carbonyl (C=O) groups is 3. The lowest BCUT2D eigenvalue weighted by Gasteiger charge is -2.38. The smallest absolute Gasteiger partial charge is 0.302 e. The fraction of sp³-hybridized carbons (Fsp3) is 0.643. The molecule has 7 heteroatoms. The van der Waals surface area contributed by atoms with Crippen molar-refractivity contribution in [3.8, 4) is 12.1 Å². The van der Waals surface area contributed by atoms with E-state index in [0.29, 0.717) is 19.3 Å². The molecular weight excluding hydrogens is 274 g/mol. The number of imide groups is 1. The van der Waals surface area contributed by atoms with Crippen LogP contribution in [-0.4, -0.2) is 23.9 Å². The quantitative estimate of drug-likeness (QED) is 0.546. The third kappa shape index (κ3) is 3.03. The predicted octanol–water partition coefficient (Wildman–Crippen LogP) is 0.270. The molecule has 1 heterocycles. The first-order valence-corrected chi connectivity index (χ1v) is 6.77. The molecule has 1 saturated carbocycles. The van der Waals surface area contributed by atoms with Gasteiger partial charge in [0.05, 0.1) is 12.1 Å². The van der Waals surface area contributed by atoms with Crippen molar-refractivity contribution in [2.45, 2.75) is 32.3 Å². The van der Waals surface area contributed by atoms with Gasteiger partial charge in [-0.2, -0.15) is 10.5 Å². The molecule has 2 rings (SSSR count). The Morgan fingerprint density at radius 1 is 1.10 bits per heavy atom. The van der Waals surface area contributed by atoms with Crippen molar-refractivity contribution in [2.24, 2.45) is 23.7 Å². The molecular formula is C14H15N3O4. The summed E-state index contributed by atoms with van der Waals surface area (Å²) in [6, 6.07) is 3.83. The van der Waals surface area contributed by atoms with E-state index in [1.807, 2.05) is 12.1 Å². The van der Waals surface area contributed by atoms with Crippen LogP contribution in [0.15, 0.2) is 0 Å². The van der Waals surface area contributed by atoms with Crippen LogP contribution in [0.5, 0.6) is 0 Å². The van der Waals surface area contributed by atoms with Crippen molar-refractivity contribution < 1.29 is 19.1 Å². The van der Waals surface area contributed by atoms with Crippen molar-refractivity contribution in [2.75, 3.05) is 0 Å². The summed E-state index contributed by atoms with van der Waals surface area (Å²) in [6.07, 6.45) is 0.770. The van der Waals surface area contributed by atoms with E-state index in [4.69, 9.17) is 4.74 Å². The molecule has 0 spiro atoms. The highest BCUT2D eigenvalue weighted by atomic mass is 16.5. The molecule has 5 atom stereocenters. The minimum Gasteiger partial charge on any atom is -0.463 e. The topological polar surface area (TPSA) is 120 Å². The highest BCUT2D eigenvalue weighted by molar-refractivity contribution is 5.99. The molecule has 2 fully saturated rings. The third-order valence-corrected chi connectivity index (χ3v) is 4.10. The standard InChI is InChI=1S/C14H15N3O4/c1-7(18)21-10-3-8-2-9(4-10)12(6-16)14(20)17-13(19)11(8)5-15/h8-12H,2-4H2,1H3,(H,17,19,20)/t8-,9+,10?,11-,12+. The lowest BCUT2D eigenvalue weighted by Crippen LogP contribution is -2.49. The second-order valence-corrected chi connectivity index (χ2v) is 5.53. The van der Waals surface area contributed by atoms with Crippen molar-refractivity contribution in [1.82, 2.24) is 5.32 Å². The Bertz CT molecular complexity index is 520. The Hall–Kier alpha value is -2.41. The first kappa shape index (κ1) is 15.0. The van der Waals surface area contributed by atoms with Gasteiger partial charge in [-0.15, -0.1) is 0 Å². The number of hydrogen-bond acceptors (Lipinski definition) is 6. The van der Waals surface area contributed by atoms with Gasteiger partial charge in [0.2, 0.25) is 11.8 Å². The van der Waals surface area contributed by atoms with E-state index in [-0.39, 0.29) is 11.8 Å². The monoisotopic (exact) mass is 289 g/mol. The summed E-state index contributed by atoms with van der Waals surface area (Å²) in [5.41, 5.74) is 0. The largest absolute Gasteiger partial charge is 0.463 e. The summed E-state index contributed by atoms with van der Waals surface area (Å²) in [5.74, 6) is -4.35. The zero-order valence-corrected chi connectivity index (χ0v) is 11.5. The fourth-order valence-electron chi connectivity index (χ4n) is 3.26. The Balaban J connectivity index is 2.32. The number of carbonyl (C=O) groups excluding carboxylic acids is 3. The maximum absolute atomic E-state index is 11.9. The second-order valence-electron chi connectivity index (χ2n) is 5.53. The molecule has 21 heavy (non-hydrogen) atoms. The van der Waals surface area contributed by atoms with Gasteiger partial charge in [0, 0.05) is 6.92 Å². The van der Waals surface area contributed by atoms with Gasteiger partial charge in [-0.1, -0.05) is 0 Å². The highest BCUT2D eigenvalue weighted by Gasteiger charge is 2.45. The molecule has 1 unspecified atom stereocenters. The number of fused-ring (bicyclic) bond motifs is 2. The van der Waals surface area contributed by atoms with Crippen LogP contribution in [-0.2, 0) is 19.1 Å². The van der Waals surface area contributed by atoms with Crippen molar-refractivity contribution in [3.05, 3.63) is 0 Å². The van der Waals surface area contributed by atoms with Crippen LogP contribution >= 0.6 is 0 Å². The van der Waals surface area contributed by atoms with Gasteiger partial charge in [-0.3, -0.25) is 19.7 Å². The maximum Gasteiger partial charge on any atom is 0.302 e. The van der Waals surface area contributed by atoms with Crippen LogP contribution in [0.4, 0.5) is 0 Å². The third-order valence-electron chi connectivity index (χ3n) is 4.10. The zero-order valence-electron chi connectivity index (χ0n) is 11.5. The van der Waals surface area contributed by atoms with E-state index < -0.39 is 35.7 Å². The van der Waals surface area contributed by atoms with Gasteiger partial charge in [0.15, 0.2) is 0 Å². The van der Waals surface area contributed by atoms with E-state index in [0.717, 1.165) is 0 Å². The Morgan fingerprint density at radius 2 is 1.57 bits per heavy atom. The van der Waals surface area contributed by atoms with Crippen molar-refractivity contribution in [3.63, 3.8) is 0 Å². The average molecular weight is 289 g/mol. The van der Waals surface area contributed by atoms with Gasteiger partial charge < -0.3 is 4.74 Å². The van der Waals surface area contributed by atoms with Crippen LogP contribution in [0, 0.1) is 46.3 Å². The number of amides is 2. The number of ether oxygens (including phenoxy) is 1. The first-order valence-electron chi connectivity index (χ1n) is 6.77. The Morgan fingerprint density at radius 3 is 1.95 bits per heavy atom. The second kappa shape index (κ2) is 5.92. The number of hydrogen-bond donors (Lipinski definition) is 1. The van der Waals surface area contributed by atoms with Gasteiger partial charge >= 0.3 is 5.97 Å². The van der Waals surface area contributed by atoms with Crippen LogP contribution in [0.2, 0.25) is 0 Å². The van der Waals surface area contributed by atoms with Gasteiger partial charge in [0.25, 0.3) is 0 Å². The summed E-state index contributed by atoms with van der Waals surface area (Å²) >= 11 is 0. The zero-order chi connectivity index (χ0) is 15.6. The molecule has 7 nitrogen and oxygen atoms in total. The molecule has 1 aliphatic carbocycles. The molecule has 2 amide bonds. The van der Waals surface area contributed by atoms with Gasteiger partial charge in [-0.25, -0.2) is 0 Å². The highest BCUT2D eigenvalue weighted by Crippen LogP contribution is 2.40. The minimum absolute atomic E-state index is 0.318. The molecule has 2 bridgehead atoms. The molecule has 0 aromatic carbocycles. The minimum atomic E-state index is -0.963. The molecule has 110 valence electrons. The van der Waals surface area contributed by atoms with E-state index in [1.54, 1.807) is 0 Å². The van der Waals surface area contributed by atoms with Crippen molar-refractivity contribution in [1.29, 1.82) is 10.5 Å². The number of nitriles is 2. The molecule has 2 aliphatic rings. The van der Waals surface area contributed by atoms with Gasteiger partial charge in [0.1, 0.15) is 17.9 Å². The molecule has 1 saturated heterocycles. The predicted molar refractivity (Wildman–Crippen MR) is 67.7 cm³/mol. The number of nitrogens with zero attached hydrogens (tertiary/aromatic N) is 2. The SMILES string of the molecule is CC(=O)OC1C[C@@H]2C[C@H](C1)[C@@H](C#N)C(=O)NC(=O)[C@H]2C#N. The molecule has 0 aromatic heterocycles. The Labute approximate surface area is 121 Å². The lowest BCUT2D eigenvalue weighted by atomic mass is 9.68. The Kier molecular flexibility index (Phi) is 4.23. The van der Waals surface area contributed by atoms with Crippen LogP contribution in [0.25, 0.3) is 0 Å². The van der Waals surface area contributed by atoms with Gasteiger partial charge in [-0.05, 0) is 31.1 Å². The maximum atomic E-state index is 11.9. The summed E-state index contributed by atoms with van der Waals surface area (Å²) in [6.45, 7) is 1.28. The molecule has 0 aromatic rings. The normalized spacial score (nSPS) is 35.5. The first-order chi connectivity index (χ1) is 9.96. The average Bonchev–Trinajstić information content (AvgIpc) is 2.38. The summed E-state index contributed by atoms with van der Waals surface area (Å²) in [4.78, 5) is 35.0. The molecule has 0 radical (unpaired) electrons. The summed E-state index contributed by atoms with van der Waals surface area (Å²) in [5, 5.41) is 20.5. The summed E-state index contributed by atoms with van der Waals surface area (Å²) in [7, 11) is 0. The lowest BCUT2D eigenvalue weighted by molar-refractivity contribution is -0.151. The van der Waals surface area contributed by atoms with E-state index in [9.17, 15) is 24.9 Å². The molecule has 1 N–H and O–H groups in total. The number of nitrogens with one attached hydrogen (secondary N) is 1. The van der Waals surface area contributed by atoms with Crippen molar-refractivity contribution >= 4 is 17.8 Å². The molecule has 1 aliphatic heterocycles. The van der Waals surface area contributed by atoms with E-state index >= 15 is 0 Å². The van der Waals surface area contributed by atoms with Crippen LogP contribution < -0.4 is 5.32 Å². The summed E-state index contributed by atoms with van der Waals surface area (Å²) < 4.78 is 5.18. The van der Waals surface area contributed by atoms with E-state index in [1.165, 1.54) is 6.92 Å².